The van der Waals surface area contributed by atoms with Crippen molar-refractivity contribution >= 4 is 45.7 Å². The number of nitrogens with zero attached hydrogens (tertiary/aromatic N) is 1. The average molecular weight is 390 g/mol. The molecule has 0 radical (unpaired) electrons. The van der Waals surface area contributed by atoms with Gasteiger partial charge in [0.1, 0.15) is 5.41 Å². The summed E-state index contributed by atoms with van der Waals surface area (Å²) in [5, 5.41) is 9.09. The fourth-order valence-electron chi connectivity index (χ4n) is 2.75. The molecule has 0 atom stereocenters. The maximum atomic E-state index is 12.9. The SMILES string of the molecule is CC(=O)Nc1cccc(NC(=O)C(C)(C)C(=O)Nc2cccc3cccnc23)c1. The molecule has 0 bridgehead atoms. The zero-order valence-electron chi connectivity index (χ0n) is 16.4. The molecule has 2 aromatic carbocycles. The molecule has 3 amide bonds. The normalized spacial score (nSPS) is 11.0. The Balaban J connectivity index is 1.76. The molecule has 7 heteroatoms. The minimum absolute atomic E-state index is 0.211. The van der Waals surface area contributed by atoms with Crippen molar-refractivity contribution in [3.05, 3.63) is 60.8 Å². The largest absolute Gasteiger partial charge is 0.326 e. The Morgan fingerprint density at radius 3 is 2.17 bits per heavy atom. The third-order valence-electron chi connectivity index (χ3n) is 4.46. The molecule has 0 saturated heterocycles. The van der Waals surface area contributed by atoms with Crippen LogP contribution in [0, 0.1) is 5.41 Å². The van der Waals surface area contributed by atoms with E-state index in [4.69, 9.17) is 0 Å². The highest BCUT2D eigenvalue weighted by Crippen LogP contribution is 2.26. The van der Waals surface area contributed by atoms with Gasteiger partial charge < -0.3 is 16.0 Å². The molecular weight excluding hydrogens is 368 g/mol. The third kappa shape index (κ3) is 4.57. The first-order valence-electron chi connectivity index (χ1n) is 9.11. The highest BCUT2D eigenvalue weighted by Gasteiger charge is 2.36. The Labute approximate surface area is 168 Å². The van der Waals surface area contributed by atoms with Gasteiger partial charge in [-0.15, -0.1) is 0 Å². The lowest BCUT2D eigenvalue weighted by atomic mass is 9.90. The highest BCUT2D eigenvalue weighted by atomic mass is 16.2. The number of hydrogen-bond donors (Lipinski definition) is 3. The van der Waals surface area contributed by atoms with Crippen molar-refractivity contribution in [1.29, 1.82) is 0 Å². The Morgan fingerprint density at radius 1 is 0.828 bits per heavy atom. The van der Waals surface area contributed by atoms with Crippen molar-refractivity contribution in [3.8, 4) is 0 Å². The van der Waals surface area contributed by atoms with Crippen molar-refractivity contribution < 1.29 is 14.4 Å². The molecule has 0 spiro atoms. The number of nitrogens with one attached hydrogen (secondary N) is 3. The van der Waals surface area contributed by atoms with E-state index in [9.17, 15) is 14.4 Å². The summed E-state index contributed by atoms with van der Waals surface area (Å²) in [6.07, 6.45) is 1.65. The predicted molar refractivity (Wildman–Crippen MR) is 114 cm³/mol. The number of anilines is 3. The van der Waals surface area contributed by atoms with Gasteiger partial charge in [-0.05, 0) is 44.2 Å². The number of fused-ring (bicyclic) bond motifs is 1. The van der Waals surface area contributed by atoms with E-state index in [1.165, 1.54) is 6.92 Å². The third-order valence-corrected chi connectivity index (χ3v) is 4.46. The van der Waals surface area contributed by atoms with Crippen LogP contribution in [-0.4, -0.2) is 22.7 Å². The average Bonchev–Trinajstić information content (AvgIpc) is 2.68. The summed E-state index contributed by atoms with van der Waals surface area (Å²) < 4.78 is 0. The van der Waals surface area contributed by atoms with Gasteiger partial charge in [0.2, 0.25) is 17.7 Å². The van der Waals surface area contributed by atoms with Crippen molar-refractivity contribution in [3.63, 3.8) is 0 Å². The summed E-state index contributed by atoms with van der Waals surface area (Å²) in [7, 11) is 0. The van der Waals surface area contributed by atoms with Gasteiger partial charge in [-0.1, -0.05) is 24.3 Å². The molecule has 1 heterocycles. The Kier molecular flexibility index (Phi) is 5.59. The van der Waals surface area contributed by atoms with Crippen LogP contribution in [0.15, 0.2) is 60.8 Å². The van der Waals surface area contributed by atoms with E-state index in [1.807, 2.05) is 24.3 Å². The van der Waals surface area contributed by atoms with Gasteiger partial charge in [-0.2, -0.15) is 0 Å². The molecule has 0 aliphatic carbocycles. The second-order valence-corrected chi connectivity index (χ2v) is 7.18. The minimum atomic E-state index is -1.35. The minimum Gasteiger partial charge on any atom is -0.326 e. The van der Waals surface area contributed by atoms with Gasteiger partial charge in [0.15, 0.2) is 0 Å². The zero-order chi connectivity index (χ0) is 21.0. The van der Waals surface area contributed by atoms with E-state index in [-0.39, 0.29) is 5.91 Å². The number of carbonyl (C=O) groups is 3. The predicted octanol–water partition coefficient (Wildman–Crippen LogP) is 3.80. The first-order valence-corrected chi connectivity index (χ1v) is 9.11. The monoisotopic (exact) mass is 390 g/mol. The number of aromatic nitrogens is 1. The van der Waals surface area contributed by atoms with Crippen molar-refractivity contribution in [2.45, 2.75) is 20.8 Å². The topological polar surface area (TPSA) is 100 Å². The van der Waals surface area contributed by atoms with E-state index in [2.05, 4.69) is 20.9 Å². The van der Waals surface area contributed by atoms with Crippen molar-refractivity contribution in [2.75, 3.05) is 16.0 Å². The number of carbonyl (C=O) groups excluding carboxylic acids is 3. The molecule has 7 nitrogen and oxygen atoms in total. The van der Waals surface area contributed by atoms with Gasteiger partial charge in [0.25, 0.3) is 0 Å². The van der Waals surface area contributed by atoms with Crippen LogP contribution in [0.1, 0.15) is 20.8 Å². The fourth-order valence-corrected chi connectivity index (χ4v) is 2.75. The number of benzene rings is 2. The second kappa shape index (κ2) is 8.10. The van der Waals surface area contributed by atoms with Crippen LogP contribution in [0.25, 0.3) is 10.9 Å². The Morgan fingerprint density at radius 2 is 1.45 bits per heavy atom. The molecule has 0 unspecified atom stereocenters. The standard InChI is InChI=1S/C22H22N4O3/c1-14(27)24-16-9-5-10-17(13-16)25-20(28)22(2,3)21(29)26-18-11-4-7-15-8-6-12-23-19(15)18/h4-13H,1-3H3,(H,24,27)(H,25,28)(H,26,29). The summed E-state index contributed by atoms with van der Waals surface area (Å²) in [4.78, 5) is 41.2. The molecule has 0 saturated carbocycles. The zero-order valence-corrected chi connectivity index (χ0v) is 16.4. The van der Waals surface area contributed by atoms with Gasteiger partial charge in [-0.25, -0.2) is 0 Å². The van der Waals surface area contributed by atoms with E-state index in [0.717, 1.165) is 5.39 Å². The Bertz CT molecular complexity index is 1090. The fraction of sp³-hybridized carbons (Fsp3) is 0.182. The lowest BCUT2D eigenvalue weighted by Crippen LogP contribution is -2.41. The van der Waals surface area contributed by atoms with Gasteiger partial charge in [0, 0.05) is 29.9 Å². The summed E-state index contributed by atoms with van der Waals surface area (Å²) in [6, 6.07) is 15.9. The number of para-hydroxylation sites is 1. The van der Waals surface area contributed by atoms with Crippen LogP contribution in [0.2, 0.25) is 0 Å². The van der Waals surface area contributed by atoms with Crippen LogP contribution in [0.5, 0.6) is 0 Å². The molecule has 0 aliphatic rings. The van der Waals surface area contributed by atoms with Crippen molar-refractivity contribution in [2.24, 2.45) is 5.41 Å². The number of pyridine rings is 1. The summed E-state index contributed by atoms with van der Waals surface area (Å²) in [5.41, 5.74) is 0.888. The Hall–Kier alpha value is -3.74. The lowest BCUT2D eigenvalue weighted by Gasteiger charge is -2.23. The highest BCUT2D eigenvalue weighted by molar-refractivity contribution is 6.15. The number of rotatable bonds is 5. The van der Waals surface area contributed by atoms with Gasteiger partial charge in [0.05, 0.1) is 11.2 Å². The maximum absolute atomic E-state index is 12.9. The molecule has 29 heavy (non-hydrogen) atoms. The van der Waals surface area contributed by atoms with Crippen molar-refractivity contribution in [1.82, 2.24) is 4.98 Å². The smallest absolute Gasteiger partial charge is 0.239 e. The van der Waals surface area contributed by atoms with Crippen LogP contribution >= 0.6 is 0 Å². The summed E-state index contributed by atoms with van der Waals surface area (Å²) in [5.74, 6) is -1.13. The van der Waals surface area contributed by atoms with E-state index < -0.39 is 17.2 Å². The van der Waals surface area contributed by atoms with Gasteiger partial charge >= 0.3 is 0 Å². The van der Waals surface area contributed by atoms with Crippen LogP contribution in [0.4, 0.5) is 17.1 Å². The molecule has 3 rings (SSSR count). The van der Waals surface area contributed by atoms with Crippen LogP contribution in [0.3, 0.4) is 0 Å². The summed E-state index contributed by atoms with van der Waals surface area (Å²) in [6.45, 7) is 4.50. The number of amides is 3. The van der Waals surface area contributed by atoms with E-state index in [1.54, 1.807) is 50.4 Å². The first kappa shape index (κ1) is 20.0. The van der Waals surface area contributed by atoms with Gasteiger partial charge in [-0.3, -0.25) is 19.4 Å². The first-order chi connectivity index (χ1) is 13.8. The molecule has 1 aromatic heterocycles. The van der Waals surface area contributed by atoms with Crippen LogP contribution in [-0.2, 0) is 14.4 Å². The van der Waals surface area contributed by atoms with E-state index >= 15 is 0 Å². The molecule has 0 aliphatic heterocycles. The summed E-state index contributed by atoms with van der Waals surface area (Å²) >= 11 is 0. The van der Waals surface area contributed by atoms with E-state index in [0.29, 0.717) is 22.6 Å². The molecule has 3 aromatic rings. The molecule has 148 valence electrons. The molecule has 0 fully saturated rings. The lowest BCUT2D eigenvalue weighted by molar-refractivity contribution is -0.135. The van der Waals surface area contributed by atoms with Crippen LogP contribution < -0.4 is 16.0 Å². The number of hydrogen-bond acceptors (Lipinski definition) is 4. The molecular formula is C22H22N4O3. The molecule has 3 N–H and O–H groups in total. The quantitative estimate of drug-likeness (QED) is 0.577. The maximum Gasteiger partial charge on any atom is 0.239 e. The second-order valence-electron chi connectivity index (χ2n) is 7.18.